The first kappa shape index (κ1) is 14.6. The molecule has 0 saturated heterocycles. The second kappa shape index (κ2) is 5.46. The molecule has 1 aliphatic heterocycles. The van der Waals surface area contributed by atoms with Crippen molar-refractivity contribution in [2.24, 2.45) is 0 Å². The van der Waals surface area contributed by atoms with E-state index >= 15 is 0 Å². The van der Waals surface area contributed by atoms with Crippen LogP contribution >= 0.6 is 15.9 Å². The van der Waals surface area contributed by atoms with Crippen molar-refractivity contribution in [3.63, 3.8) is 0 Å². The van der Waals surface area contributed by atoms with Crippen molar-refractivity contribution in [2.75, 3.05) is 14.2 Å². The SMILES string of the molecule is COc1cc(OC)cc(C2=[N+]([O-])c3c(Br)cccc3C2=O)c1. The molecule has 2 aromatic carbocycles. The molecule has 0 N–H and O–H groups in total. The maximum Gasteiger partial charge on any atom is 0.273 e. The Hall–Kier alpha value is -2.34. The van der Waals surface area contributed by atoms with Crippen LogP contribution < -0.4 is 9.47 Å². The summed E-state index contributed by atoms with van der Waals surface area (Å²) in [5, 5.41) is 12.6. The molecular formula is C16H12BrNO4. The van der Waals surface area contributed by atoms with Crippen molar-refractivity contribution < 1.29 is 19.0 Å². The molecular weight excluding hydrogens is 350 g/mol. The van der Waals surface area contributed by atoms with Gasteiger partial charge in [0.1, 0.15) is 17.1 Å². The number of halogens is 1. The fourth-order valence-electron chi connectivity index (χ4n) is 2.43. The number of carbonyl (C=O) groups excluding carboxylic acids is 1. The summed E-state index contributed by atoms with van der Waals surface area (Å²) in [5.74, 6) is 0.706. The molecule has 22 heavy (non-hydrogen) atoms. The Balaban J connectivity index is 2.22. The Labute approximate surface area is 135 Å². The van der Waals surface area contributed by atoms with Crippen molar-refractivity contribution in [1.82, 2.24) is 0 Å². The van der Waals surface area contributed by atoms with E-state index in [1.807, 2.05) is 0 Å². The molecule has 3 rings (SSSR count). The van der Waals surface area contributed by atoms with E-state index in [1.165, 1.54) is 14.2 Å². The number of hydrogen-bond acceptors (Lipinski definition) is 4. The Bertz CT molecular complexity index is 792. The highest BCUT2D eigenvalue weighted by atomic mass is 79.9. The molecule has 0 amide bonds. The highest BCUT2D eigenvalue weighted by Gasteiger charge is 2.38. The van der Waals surface area contributed by atoms with Crippen LogP contribution in [0.3, 0.4) is 0 Å². The van der Waals surface area contributed by atoms with Gasteiger partial charge in [-0.1, -0.05) is 6.07 Å². The number of para-hydroxylation sites is 1. The Morgan fingerprint density at radius 3 is 2.27 bits per heavy atom. The smallest absolute Gasteiger partial charge is 0.273 e. The predicted octanol–water partition coefficient (Wildman–Crippen LogP) is 3.29. The minimum Gasteiger partial charge on any atom is -0.618 e. The normalized spacial score (nSPS) is 13.3. The van der Waals surface area contributed by atoms with Gasteiger partial charge >= 0.3 is 0 Å². The number of Topliss-reactive ketones (excluding diaryl/α,β-unsaturated/α-hetero) is 1. The van der Waals surface area contributed by atoms with Crippen molar-refractivity contribution in [3.05, 3.63) is 57.2 Å². The third-order valence-electron chi connectivity index (χ3n) is 3.48. The van der Waals surface area contributed by atoms with Gasteiger partial charge in [-0.2, -0.15) is 4.74 Å². The fourth-order valence-corrected chi connectivity index (χ4v) is 2.96. The summed E-state index contributed by atoms with van der Waals surface area (Å²) in [7, 11) is 3.03. The molecule has 0 atom stereocenters. The van der Waals surface area contributed by atoms with E-state index in [4.69, 9.17) is 9.47 Å². The van der Waals surface area contributed by atoms with Crippen LogP contribution in [0.4, 0.5) is 5.69 Å². The Morgan fingerprint density at radius 2 is 1.73 bits per heavy atom. The number of hydrogen-bond donors (Lipinski definition) is 0. The molecule has 112 valence electrons. The number of carbonyl (C=O) groups is 1. The summed E-state index contributed by atoms with van der Waals surface area (Å²) in [4.78, 5) is 12.6. The summed E-state index contributed by atoms with van der Waals surface area (Å²) in [5.41, 5.74) is 1.21. The van der Waals surface area contributed by atoms with Gasteiger partial charge in [0, 0.05) is 6.07 Å². The van der Waals surface area contributed by atoms with E-state index < -0.39 is 0 Å². The molecule has 2 aromatic rings. The lowest BCUT2D eigenvalue weighted by atomic mass is 10.0. The Kier molecular flexibility index (Phi) is 3.62. The van der Waals surface area contributed by atoms with Gasteiger partial charge < -0.3 is 14.7 Å². The maximum absolute atomic E-state index is 12.6. The zero-order valence-corrected chi connectivity index (χ0v) is 13.5. The van der Waals surface area contributed by atoms with E-state index in [0.717, 1.165) is 0 Å². The fraction of sp³-hybridized carbons (Fsp3) is 0.125. The molecule has 0 spiro atoms. The molecule has 1 heterocycles. The zero-order chi connectivity index (χ0) is 15.9. The molecule has 5 nitrogen and oxygen atoms in total. The van der Waals surface area contributed by atoms with Crippen LogP contribution in [0.5, 0.6) is 11.5 Å². The average Bonchev–Trinajstić information content (AvgIpc) is 2.79. The lowest BCUT2D eigenvalue weighted by molar-refractivity contribution is -0.356. The van der Waals surface area contributed by atoms with Crippen LogP contribution in [-0.4, -0.2) is 30.5 Å². The summed E-state index contributed by atoms with van der Waals surface area (Å²) in [6.45, 7) is 0. The van der Waals surface area contributed by atoms with Crippen molar-refractivity contribution >= 4 is 33.1 Å². The topological polar surface area (TPSA) is 61.6 Å². The molecule has 0 aliphatic carbocycles. The lowest BCUT2D eigenvalue weighted by Gasteiger charge is -2.08. The number of benzene rings is 2. The van der Waals surface area contributed by atoms with Crippen LogP contribution in [0.15, 0.2) is 40.9 Å². The van der Waals surface area contributed by atoms with Crippen LogP contribution in [0.2, 0.25) is 0 Å². The number of methoxy groups -OCH3 is 2. The van der Waals surface area contributed by atoms with Gasteiger partial charge in [-0.3, -0.25) is 4.79 Å². The average molecular weight is 362 g/mol. The van der Waals surface area contributed by atoms with Crippen molar-refractivity contribution in [2.45, 2.75) is 0 Å². The molecule has 0 aromatic heterocycles. The predicted molar refractivity (Wildman–Crippen MR) is 85.4 cm³/mol. The zero-order valence-electron chi connectivity index (χ0n) is 11.9. The minimum atomic E-state index is -0.318. The van der Waals surface area contributed by atoms with Gasteiger partial charge in [-0.15, -0.1) is 0 Å². The van der Waals surface area contributed by atoms with Crippen LogP contribution in [0.25, 0.3) is 0 Å². The third kappa shape index (κ3) is 2.16. The molecule has 0 fully saturated rings. The first-order chi connectivity index (χ1) is 10.6. The number of rotatable bonds is 3. The second-order valence-corrected chi connectivity index (χ2v) is 5.56. The van der Waals surface area contributed by atoms with E-state index in [1.54, 1.807) is 36.4 Å². The summed E-state index contributed by atoms with van der Waals surface area (Å²) >= 11 is 3.31. The minimum absolute atomic E-state index is 0.0547. The number of nitrogens with zero attached hydrogens (tertiary/aromatic N) is 1. The van der Waals surface area contributed by atoms with Gasteiger partial charge in [0.25, 0.3) is 11.5 Å². The largest absolute Gasteiger partial charge is 0.618 e. The summed E-state index contributed by atoms with van der Waals surface area (Å²) in [6.07, 6.45) is 0. The monoisotopic (exact) mass is 361 g/mol. The molecule has 0 radical (unpaired) electrons. The maximum atomic E-state index is 12.6. The highest BCUT2D eigenvalue weighted by molar-refractivity contribution is 9.10. The van der Waals surface area contributed by atoms with Crippen LogP contribution in [-0.2, 0) is 0 Å². The van der Waals surface area contributed by atoms with Crippen LogP contribution in [0, 0.1) is 5.21 Å². The summed E-state index contributed by atoms with van der Waals surface area (Å²) < 4.78 is 11.6. The van der Waals surface area contributed by atoms with Crippen molar-refractivity contribution in [3.8, 4) is 11.5 Å². The van der Waals surface area contributed by atoms with E-state index in [2.05, 4.69) is 15.9 Å². The molecule has 0 bridgehead atoms. The standard InChI is InChI=1S/C16H12BrNO4/c1-21-10-6-9(7-11(8-10)22-2)14-16(19)12-4-3-5-13(17)15(12)18(14)20/h3-8H,1-2H3. The summed E-state index contributed by atoms with van der Waals surface area (Å²) in [6, 6.07) is 10.1. The molecule has 6 heteroatoms. The van der Waals surface area contributed by atoms with Crippen LogP contribution in [0.1, 0.15) is 15.9 Å². The number of ether oxygens (including phenoxy) is 2. The second-order valence-electron chi connectivity index (χ2n) is 4.71. The first-order valence-electron chi connectivity index (χ1n) is 6.47. The lowest BCUT2D eigenvalue weighted by Crippen LogP contribution is -2.16. The van der Waals surface area contributed by atoms with E-state index in [0.29, 0.717) is 37.5 Å². The molecule has 0 saturated carbocycles. The quantitative estimate of drug-likeness (QED) is 0.621. The van der Waals surface area contributed by atoms with E-state index in [-0.39, 0.29) is 11.5 Å². The van der Waals surface area contributed by atoms with Gasteiger partial charge in [0.05, 0.1) is 24.3 Å². The van der Waals surface area contributed by atoms with E-state index in [9.17, 15) is 10.0 Å². The van der Waals surface area contributed by atoms with Gasteiger partial charge in [-0.05, 0) is 40.2 Å². The van der Waals surface area contributed by atoms with Gasteiger partial charge in [0.2, 0.25) is 5.69 Å². The number of ketones is 1. The Morgan fingerprint density at radius 1 is 1.09 bits per heavy atom. The molecule has 1 aliphatic rings. The van der Waals surface area contributed by atoms with Gasteiger partial charge in [-0.25, -0.2) is 0 Å². The van der Waals surface area contributed by atoms with Crippen molar-refractivity contribution in [1.29, 1.82) is 0 Å². The number of fused-ring (bicyclic) bond motifs is 1. The van der Waals surface area contributed by atoms with Gasteiger partial charge in [0.15, 0.2) is 0 Å². The highest BCUT2D eigenvalue weighted by Crippen LogP contribution is 2.35. The third-order valence-corrected chi connectivity index (χ3v) is 4.12. The first-order valence-corrected chi connectivity index (χ1v) is 7.27. The molecule has 0 unspecified atom stereocenters.